The number of hydrogen-bond acceptors (Lipinski definition) is 7. The molecule has 0 saturated carbocycles. The molecule has 2 aliphatic rings. The number of hydrogen-bond donors (Lipinski definition) is 0. The summed E-state index contributed by atoms with van der Waals surface area (Å²) in [4.78, 5) is 5.21. The van der Waals surface area contributed by atoms with E-state index in [0.717, 1.165) is 30.2 Å². The van der Waals surface area contributed by atoms with Crippen LogP contribution in [0.15, 0.2) is 59.0 Å². The van der Waals surface area contributed by atoms with Crippen molar-refractivity contribution in [3.63, 3.8) is 0 Å². The van der Waals surface area contributed by atoms with E-state index in [4.69, 9.17) is 9.15 Å². The van der Waals surface area contributed by atoms with E-state index in [1.54, 1.807) is 11.8 Å². The van der Waals surface area contributed by atoms with Crippen LogP contribution in [0.1, 0.15) is 31.6 Å². The minimum atomic E-state index is 0.588. The minimum Gasteiger partial charge on any atom is -0.493 e. The third-order valence-electron chi connectivity index (χ3n) is 6.48. The minimum absolute atomic E-state index is 0.588. The molecule has 1 aromatic heterocycles. The summed E-state index contributed by atoms with van der Waals surface area (Å²) >= 11 is 1.73. The Balaban J connectivity index is 1.08. The van der Waals surface area contributed by atoms with Crippen molar-refractivity contribution in [2.45, 2.75) is 37.5 Å². The second-order valence-corrected chi connectivity index (χ2v) is 9.85. The van der Waals surface area contributed by atoms with Crippen LogP contribution in [0.4, 0.5) is 5.69 Å². The average molecular weight is 465 g/mol. The van der Waals surface area contributed by atoms with Crippen molar-refractivity contribution >= 4 is 17.4 Å². The van der Waals surface area contributed by atoms with Crippen molar-refractivity contribution in [1.82, 2.24) is 15.1 Å². The van der Waals surface area contributed by atoms with Gasteiger partial charge in [-0.2, -0.15) is 0 Å². The summed E-state index contributed by atoms with van der Waals surface area (Å²) in [5.74, 6) is 3.70. The Kier molecular flexibility index (Phi) is 7.48. The first-order chi connectivity index (χ1) is 16.3. The molecule has 0 N–H and O–H groups in total. The molecule has 3 heterocycles. The molecule has 1 atom stereocenters. The monoisotopic (exact) mass is 464 g/mol. The van der Waals surface area contributed by atoms with Gasteiger partial charge in [0.25, 0.3) is 0 Å². The molecule has 2 saturated heterocycles. The Morgan fingerprint density at radius 2 is 1.76 bits per heavy atom. The standard InChI is InChI=1S/C26H32N4O2S/c1-3-7-24(8-4-1)31-17-18-33-20-25-27-28-26(32-25)21-9-11-22(12-10-21)30-16-13-23(19-30)29-14-5-2-6-15-29/h1,3-4,7-12,23H,2,5-6,13-20H2. The number of likely N-dealkylation sites (tertiary alicyclic amines) is 1. The van der Waals surface area contributed by atoms with Crippen LogP contribution < -0.4 is 9.64 Å². The highest BCUT2D eigenvalue weighted by molar-refractivity contribution is 7.98. The lowest BCUT2D eigenvalue weighted by molar-refractivity contribution is 0.175. The Bertz CT molecular complexity index is 989. The van der Waals surface area contributed by atoms with Gasteiger partial charge < -0.3 is 14.1 Å². The molecular weight excluding hydrogens is 432 g/mol. The number of ether oxygens (including phenoxy) is 1. The highest BCUT2D eigenvalue weighted by atomic mass is 32.2. The van der Waals surface area contributed by atoms with Crippen LogP contribution in [0.3, 0.4) is 0 Å². The molecule has 0 radical (unpaired) electrons. The van der Waals surface area contributed by atoms with E-state index in [9.17, 15) is 0 Å². The Hall–Kier alpha value is -2.51. The number of para-hydroxylation sites is 1. The second-order valence-electron chi connectivity index (χ2n) is 8.75. The SMILES string of the molecule is c1ccc(OCCSCc2nnc(-c3ccc(N4CCC(N5CCCCC5)C4)cc3)o2)cc1. The van der Waals surface area contributed by atoms with Gasteiger partial charge in [0, 0.05) is 36.1 Å². The van der Waals surface area contributed by atoms with Crippen molar-refractivity contribution in [1.29, 1.82) is 0 Å². The molecule has 1 unspecified atom stereocenters. The second kappa shape index (κ2) is 11.1. The Morgan fingerprint density at radius 3 is 2.58 bits per heavy atom. The third-order valence-corrected chi connectivity index (χ3v) is 7.39. The molecular formula is C26H32N4O2S. The molecule has 0 amide bonds. The number of anilines is 1. The quantitative estimate of drug-likeness (QED) is 0.408. The van der Waals surface area contributed by atoms with Crippen LogP contribution in [-0.4, -0.2) is 59.7 Å². The summed E-state index contributed by atoms with van der Waals surface area (Å²) in [6.07, 6.45) is 5.38. The molecule has 5 rings (SSSR count). The molecule has 0 spiro atoms. The summed E-state index contributed by atoms with van der Waals surface area (Å²) in [5.41, 5.74) is 2.26. The predicted octanol–water partition coefficient (Wildman–Crippen LogP) is 5.11. The molecule has 2 aromatic carbocycles. The van der Waals surface area contributed by atoms with E-state index >= 15 is 0 Å². The zero-order valence-electron chi connectivity index (χ0n) is 19.1. The van der Waals surface area contributed by atoms with Crippen molar-refractivity contribution in [2.24, 2.45) is 0 Å². The Morgan fingerprint density at radius 1 is 0.939 bits per heavy atom. The number of piperidine rings is 1. The molecule has 3 aromatic rings. The van der Waals surface area contributed by atoms with E-state index in [0.29, 0.717) is 30.2 Å². The molecule has 33 heavy (non-hydrogen) atoms. The normalized spacial score (nSPS) is 19.2. The fourth-order valence-corrected chi connectivity index (χ4v) is 5.33. The van der Waals surface area contributed by atoms with E-state index in [1.165, 1.54) is 44.5 Å². The summed E-state index contributed by atoms with van der Waals surface area (Å²) < 4.78 is 11.6. The van der Waals surface area contributed by atoms with Crippen LogP contribution in [0.25, 0.3) is 11.5 Å². The van der Waals surface area contributed by atoms with Crippen LogP contribution in [0.2, 0.25) is 0 Å². The lowest BCUT2D eigenvalue weighted by Gasteiger charge is -2.32. The van der Waals surface area contributed by atoms with Gasteiger partial charge in [-0.3, -0.25) is 4.90 Å². The molecule has 7 heteroatoms. The molecule has 174 valence electrons. The highest BCUT2D eigenvalue weighted by Crippen LogP contribution is 2.28. The van der Waals surface area contributed by atoms with Gasteiger partial charge in [0.2, 0.25) is 11.8 Å². The van der Waals surface area contributed by atoms with Crippen LogP contribution in [-0.2, 0) is 5.75 Å². The number of nitrogens with zero attached hydrogens (tertiary/aromatic N) is 4. The molecule has 0 bridgehead atoms. The first-order valence-electron chi connectivity index (χ1n) is 12.0. The number of thioether (sulfide) groups is 1. The van der Waals surface area contributed by atoms with Crippen molar-refractivity contribution in [2.75, 3.05) is 43.4 Å². The largest absolute Gasteiger partial charge is 0.493 e. The van der Waals surface area contributed by atoms with Gasteiger partial charge in [0.15, 0.2) is 0 Å². The zero-order chi connectivity index (χ0) is 22.3. The van der Waals surface area contributed by atoms with E-state index in [-0.39, 0.29) is 0 Å². The fraction of sp³-hybridized carbons (Fsp3) is 0.462. The van der Waals surface area contributed by atoms with Gasteiger partial charge in [-0.15, -0.1) is 22.0 Å². The Labute approximate surface area is 200 Å². The van der Waals surface area contributed by atoms with E-state index in [1.807, 2.05) is 30.3 Å². The van der Waals surface area contributed by atoms with Crippen LogP contribution in [0, 0.1) is 0 Å². The van der Waals surface area contributed by atoms with Crippen molar-refractivity contribution < 1.29 is 9.15 Å². The summed E-state index contributed by atoms with van der Waals surface area (Å²) in [6.45, 7) is 5.47. The van der Waals surface area contributed by atoms with Crippen molar-refractivity contribution in [3.8, 4) is 17.2 Å². The summed E-state index contributed by atoms with van der Waals surface area (Å²) in [6, 6.07) is 19.2. The topological polar surface area (TPSA) is 54.6 Å². The summed E-state index contributed by atoms with van der Waals surface area (Å²) in [5, 5.41) is 8.47. The van der Waals surface area contributed by atoms with Gasteiger partial charge in [-0.05, 0) is 68.8 Å². The van der Waals surface area contributed by atoms with Crippen LogP contribution in [0.5, 0.6) is 5.75 Å². The van der Waals surface area contributed by atoms with Crippen LogP contribution >= 0.6 is 11.8 Å². The molecule has 0 aliphatic carbocycles. The lowest BCUT2D eigenvalue weighted by atomic mass is 10.1. The maximum atomic E-state index is 5.89. The zero-order valence-corrected chi connectivity index (χ0v) is 19.9. The fourth-order valence-electron chi connectivity index (χ4n) is 4.70. The van der Waals surface area contributed by atoms with Gasteiger partial charge in [0.05, 0.1) is 12.4 Å². The molecule has 2 aliphatic heterocycles. The third kappa shape index (κ3) is 5.89. The first kappa shape index (κ1) is 22.3. The highest BCUT2D eigenvalue weighted by Gasteiger charge is 2.28. The van der Waals surface area contributed by atoms with Gasteiger partial charge >= 0.3 is 0 Å². The predicted molar refractivity (Wildman–Crippen MR) is 134 cm³/mol. The smallest absolute Gasteiger partial charge is 0.247 e. The number of aromatic nitrogens is 2. The van der Waals surface area contributed by atoms with E-state index < -0.39 is 0 Å². The molecule has 2 fully saturated rings. The number of rotatable bonds is 9. The average Bonchev–Trinajstić information content (AvgIpc) is 3.56. The van der Waals surface area contributed by atoms with Gasteiger partial charge in [0.1, 0.15) is 5.75 Å². The maximum Gasteiger partial charge on any atom is 0.247 e. The van der Waals surface area contributed by atoms with Gasteiger partial charge in [-0.25, -0.2) is 0 Å². The van der Waals surface area contributed by atoms with E-state index in [2.05, 4.69) is 44.3 Å². The lowest BCUT2D eigenvalue weighted by Crippen LogP contribution is -2.40. The number of benzene rings is 2. The first-order valence-corrected chi connectivity index (χ1v) is 13.2. The van der Waals surface area contributed by atoms with Gasteiger partial charge in [-0.1, -0.05) is 24.6 Å². The summed E-state index contributed by atoms with van der Waals surface area (Å²) in [7, 11) is 0. The maximum absolute atomic E-state index is 5.89. The molecule has 6 nitrogen and oxygen atoms in total. The van der Waals surface area contributed by atoms with Crippen molar-refractivity contribution in [3.05, 3.63) is 60.5 Å².